The Kier molecular flexibility index (Phi) is 12.9. The van der Waals surface area contributed by atoms with Gasteiger partial charge in [-0.15, -0.1) is 0 Å². The van der Waals surface area contributed by atoms with Crippen molar-refractivity contribution in [3.63, 3.8) is 0 Å². The van der Waals surface area contributed by atoms with Gasteiger partial charge in [-0.25, -0.2) is 0 Å². The molecule has 0 unspecified atom stereocenters. The third kappa shape index (κ3) is 9.97. The summed E-state index contributed by atoms with van der Waals surface area (Å²) in [7, 11) is 2.06. The van der Waals surface area contributed by atoms with Crippen LogP contribution in [-0.2, 0) is 18.9 Å². The van der Waals surface area contributed by atoms with Gasteiger partial charge in [0.25, 0.3) is 0 Å². The zero-order valence-corrected chi connectivity index (χ0v) is 16.7. The molecule has 0 atom stereocenters. The fraction of sp³-hybridized carbons (Fsp3) is 0.700. The van der Waals surface area contributed by atoms with Gasteiger partial charge >= 0.3 is 0 Å². The van der Waals surface area contributed by atoms with Crippen molar-refractivity contribution in [2.24, 2.45) is 0 Å². The molecule has 6 heteroatoms. The molecule has 0 saturated carbocycles. The van der Waals surface area contributed by atoms with Crippen molar-refractivity contribution < 1.29 is 18.9 Å². The van der Waals surface area contributed by atoms with Crippen molar-refractivity contribution in [2.45, 2.75) is 13.8 Å². The number of hydrogen-bond donors (Lipinski definition) is 0. The third-order valence-electron chi connectivity index (χ3n) is 4.13. The zero-order chi connectivity index (χ0) is 19.0. The quantitative estimate of drug-likeness (QED) is 0.762. The average Bonchev–Trinajstić information content (AvgIpc) is 2.64. The van der Waals surface area contributed by atoms with E-state index in [9.17, 15) is 0 Å². The summed E-state index contributed by atoms with van der Waals surface area (Å²) in [6, 6.07) is 0. The highest BCUT2D eigenvalue weighted by Crippen LogP contribution is 2.12. The van der Waals surface area contributed by atoms with Gasteiger partial charge in [0.05, 0.1) is 26.4 Å². The molecular formula is C20H36N2O4. The SMILES string of the molecule is C=C/C1=C(\C=C/C)OCCN(CC)CCOCCOCCN(C)CCO1. The lowest BCUT2D eigenvalue weighted by atomic mass is 10.3. The van der Waals surface area contributed by atoms with E-state index in [1.807, 2.05) is 19.1 Å². The van der Waals surface area contributed by atoms with Crippen LogP contribution in [0, 0.1) is 0 Å². The highest BCUT2D eigenvalue weighted by atomic mass is 16.5. The maximum absolute atomic E-state index is 5.97. The Balaban J connectivity index is 2.71. The topological polar surface area (TPSA) is 43.4 Å². The molecular weight excluding hydrogens is 332 g/mol. The highest BCUT2D eigenvalue weighted by Gasteiger charge is 2.08. The van der Waals surface area contributed by atoms with Crippen LogP contribution in [0.15, 0.2) is 36.3 Å². The van der Waals surface area contributed by atoms with E-state index in [-0.39, 0.29) is 0 Å². The molecule has 1 heterocycles. The molecule has 1 aliphatic heterocycles. The summed E-state index contributed by atoms with van der Waals surface area (Å²) >= 11 is 0. The van der Waals surface area contributed by atoms with Crippen molar-refractivity contribution >= 4 is 0 Å². The van der Waals surface area contributed by atoms with E-state index >= 15 is 0 Å². The minimum atomic E-state index is 0.576. The number of nitrogens with zero attached hydrogens (tertiary/aromatic N) is 2. The van der Waals surface area contributed by atoms with Crippen LogP contribution >= 0.6 is 0 Å². The van der Waals surface area contributed by atoms with E-state index in [1.54, 1.807) is 6.08 Å². The Bertz CT molecular complexity index is 438. The fourth-order valence-electron chi connectivity index (χ4n) is 2.46. The second-order valence-electron chi connectivity index (χ2n) is 6.09. The number of likely N-dealkylation sites (N-methyl/N-ethyl adjacent to an activating group) is 2. The molecule has 1 aliphatic rings. The van der Waals surface area contributed by atoms with E-state index in [2.05, 4.69) is 30.4 Å². The Labute approximate surface area is 159 Å². The summed E-state index contributed by atoms with van der Waals surface area (Å²) in [5, 5.41) is 0. The highest BCUT2D eigenvalue weighted by molar-refractivity contribution is 5.23. The van der Waals surface area contributed by atoms with E-state index in [1.165, 1.54) is 0 Å². The van der Waals surface area contributed by atoms with Crippen LogP contribution < -0.4 is 0 Å². The molecule has 0 radical (unpaired) electrons. The molecule has 1 rings (SSSR count). The van der Waals surface area contributed by atoms with Crippen molar-refractivity contribution in [1.29, 1.82) is 0 Å². The van der Waals surface area contributed by atoms with Gasteiger partial charge in [0.2, 0.25) is 0 Å². The molecule has 0 saturated heterocycles. The average molecular weight is 369 g/mol. The molecule has 0 aromatic rings. The summed E-state index contributed by atoms with van der Waals surface area (Å²) < 4.78 is 23.1. The Morgan fingerprint density at radius 1 is 0.885 bits per heavy atom. The molecule has 0 N–H and O–H groups in total. The minimum absolute atomic E-state index is 0.576. The van der Waals surface area contributed by atoms with Crippen LogP contribution in [0.1, 0.15) is 13.8 Å². The first-order valence-corrected chi connectivity index (χ1v) is 9.52. The van der Waals surface area contributed by atoms with Gasteiger partial charge in [-0.2, -0.15) is 0 Å². The third-order valence-corrected chi connectivity index (χ3v) is 4.13. The van der Waals surface area contributed by atoms with Crippen LogP contribution in [0.25, 0.3) is 0 Å². The van der Waals surface area contributed by atoms with Gasteiger partial charge < -0.3 is 23.8 Å². The summed E-state index contributed by atoms with van der Waals surface area (Å²) in [5.74, 6) is 1.40. The summed E-state index contributed by atoms with van der Waals surface area (Å²) in [5.41, 5.74) is 0. The first kappa shape index (κ1) is 22.7. The maximum atomic E-state index is 5.97. The fourth-order valence-corrected chi connectivity index (χ4v) is 2.46. The van der Waals surface area contributed by atoms with Crippen LogP contribution in [0.3, 0.4) is 0 Å². The molecule has 6 nitrogen and oxygen atoms in total. The van der Waals surface area contributed by atoms with Crippen molar-refractivity contribution in [3.8, 4) is 0 Å². The monoisotopic (exact) mass is 368 g/mol. The molecule has 150 valence electrons. The van der Waals surface area contributed by atoms with Gasteiger partial charge in [-0.1, -0.05) is 19.6 Å². The van der Waals surface area contributed by atoms with Gasteiger partial charge in [0, 0.05) is 26.2 Å². The number of allylic oxidation sites excluding steroid dienone is 3. The molecule has 0 amide bonds. The van der Waals surface area contributed by atoms with Gasteiger partial charge in [-0.05, 0) is 32.7 Å². The van der Waals surface area contributed by atoms with Crippen molar-refractivity contribution in [2.75, 3.05) is 79.4 Å². The first-order valence-electron chi connectivity index (χ1n) is 9.52. The van der Waals surface area contributed by atoms with Crippen LogP contribution in [0.4, 0.5) is 0 Å². The molecule has 0 spiro atoms. The van der Waals surface area contributed by atoms with Crippen LogP contribution in [-0.4, -0.2) is 89.2 Å². The van der Waals surface area contributed by atoms with E-state index in [4.69, 9.17) is 18.9 Å². The Morgan fingerprint density at radius 2 is 1.46 bits per heavy atom. The predicted octanol–water partition coefficient (Wildman–Crippen LogP) is 2.29. The zero-order valence-electron chi connectivity index (χ0n) is 16.7. The van der Waals surface area contributed by atoms with Crippen LogP contribution in [0.5, 0.6) is 0 Å². The molecule has 0 bridgehead atoms. The largest absolute Gasteiger partial charge is 0.488 e. The number of hydrogen-bond acceptors (Lipinski definition) is 6. The summed E-state index contributed by atoms with van der Waals surface area (Å²) in [6.45, 7) is 16.2. The molecule has 0 aliphatic carbocycles. The van der Waals surface area contributed by atoms with Crippen molar-refractivity contribution in [1.82, 2.24) is 9.80 Å². The Hall–Kier alpha value is -1.34. The van der Waals surface area contributed by atoms with E-state index in [0.29, 0.717) is 45.4 Å². The minimum Gasteiger partial charge on any atom is -0.488 e. The number of ether oxygens (including phenoxy) is 4. The molecule has 0 fully saturated rings. The second-order valence-corrected chi connectivity index (χ2v) is 6.09. The summed E-state index contributed by atoms with van der Waals surface area (Å²) in [6.07, 6.45) is 5.58. The van der Waals surface area contributed by atoms with Crippen LogP contribution in [0.2, 0.25) is 0 Å². The van der Waals surface area contributed by atoms with Gasteiger partial charge in [-0.3, -0.25) is 4.90 Å². The van der Waals surface area contributed by atoms with E-state index < -0.39 is 0 Å². The normalized spacial score (nSPS) is 24.4. The summed E-state index contributed by atoms with van der Waals surface area (Å²) in [4.78, 5) is 4.49. The first-order chi connectivity index (χ1) is 12.7. The second kappa shape index (κ2) is 14.8. The lowest BCUT2D eigenvalue weighted by Gasteiger charge is -2.22. The lowest BCUT2D eigenvalue weighted by Crippen LogP contribution is -2.31. The van der Waals surface area contributed by atoms with Gasteiger partial charge in [0.1, 0.15) is 13.2 Å². The van der Waals surface area contributed by atoms with Gasteiger partial charge in [0.15, 0.2) is 11.5 Å². The maximum Gasteiger partial charge on any atom is 0.160 e. The molecule has 26 heavy (non-hydrogen) atoms. The lowest BCUT2D eigenvalue weighted by molar-refractivity contribution is 0.0288. The predicted molar refractivity (Wildman–Crippen MR) is 105 cm³/mol. The standard InChI is InChI=1S/C20H36N2O4/c1-5-8-20-19(6-2)25-15-10-21(4)9-13-23-17-18-24-14-11-22(7-3)12-16-26-20/h5-6,8H,2,7,9-18H2,1,3-4H3/b8-5-,20-19-. The van der Waals surface area contributed by atoms with E-state index in [0.717, 1.165) is 38.5 Å². The number of rotatable bonds is 3. The molecule has 0 aromatic heterocycles. The van der Waals surface area contributed by atoms with Crippen molar-refractivity contribution in [3.05, 3.63) is 36.3 Å². The Morgan fingerprint density at radius 3 is 2.12 bits per heavy atom. The molecule has 0 aromatic carbocycles. The smallest absolute Gasteiger partial charge is 0.160 e.